The van der Waals surface area contributed by atoms with Crippen LogP contribution in [0.3, 0.4) is 0 Å². The zero-order chi connectivity index (χ0) is 15.0. The van der Waals surface area contributed by atoms with Gasteiger partial charge in [0.25, 0.3) is 0 Å². The van der Waals surface area contributed by atoms with E-state index in [2.05, 4.69) is 6.07 Å². The molecule has 2 aromatic carbocycles. The normalized spacial score (nSPS) is 19.1. The molecule has 1 aliphatic carbocycles. The predicted octanol–water partition coefficient (Wildman–Crippen LogP) is 4.11. The molecule has 2 aromatic rings. The third kappa shape index (κ3) is 2.70. The number of rotatable bonds is 2. The van der Waals surface area contributed by atoms with Crippen LogP contribution >= 0.6 is 0 Å². The van der Waals surface area contributed by atoms with Gasteiger partial charge in [0.2, 0.25) is 0 Å². The lowest BCUT2D eigenvalue weighted by Crippen LogP contribution is -2.22. The predicted molar refractivity (Wildman–Crippen MR) is 78.0 cm³/mol. The highest BCUT2D eigenvalue weighted by Gasteiger charge is 2.28. The van der Waals surface area contributed by atoms with Gasteiger partial charge >= 0.3 is 0 Å². The van der Waals surface area contributed by atoms with E-state index in [9.17, 15) is 13.9 Å². The van der Waals surface area contributed by atoms with Crippen LogP contribution in [0, 0.1) is 24.5 Å². The van der Waals surface area contributed by atoms with Gasteiger partial charge in [-0.15, -0.1) is 0 Å². The fourth-order valence-electron chi connectivity index (χ4n) is 3.14. The van der Waals surface area contributed by atoms with Crippen molar-refractivity contribution in [3.8, 4) is 0 Å². The Labute approximate surface area is 123 Å². The van der Waals surface area contributed by atoms with Crippen LogP contribution in [0.4, 0.5) is 8.78 Å². The summed E-state index contributed by atoms with van der Waals surface area (Å²) in [6.45, 7) is 1.52. The second kappa shape index (κ2) is 5.57. The smallest absolute Gasteiger partial charge is 0.129 e. The van der Waals surface area contributed by atoms with Crippen LogP contribution in [0.25, 0.3) is 0 Å². The van der Waals surface area contributed by atoms with E-state index in [1.807, 2.05) is 18.2 Å². The number of fused-ring (bicyclic) bond motifs is 1. The molecule has 0 saturated heterocycles. The van der Waals surface area contributed by atoms with Crippen molar-refractivity contribution in [2.75, 3.05) is 0 Å². The third-order valence-corrected chi connectivity index (χ3v) is 4.43. The van der Waals surface area contributed by atoms with Crippen LogP contribution < -0.4 is 0 Å². The Morgan fingerprint density at radius 3 is 2.57 bits per heavy atom. The highest BCUT2D eigenvalue weighted by Crippen LogP contribution is 2.35. The summed E-state index contributed by atoms with van der Waals surface area (Å²) in [5.74, 6) is -1.07. The Hall–Kier alpha value is -1.74. The van der Waals surface area contributed by atoms with Gasteiger partial charge in [-0.05, 0) is 60.9 Å². The first-order chi connectivity index (χ1) is 10.1. The van der Waals surface area contributed by atoms with Crippen LogP contribution in [0.15, 0.2) is 36.4 Å². The maximum absolute atomic E-state index is 14.0. The molecule has 1 aliphatic rings. The Morgan fingerprint density at radius 1 is 1.10 bits per heavy atom. The lowest BCUT2D eigenvalue weighted by atomic mass is 9.79. The van der Waals surface area contributed by atoms with Gasteiger partial charge in [-0.25, -0.2) is 8.78 Å². The number of halogens is 2. The largest absolute Gasteiger partial charge is 0.388 e. The standard InChI is InChI=1S/C18H18F2O/c1-11-8-17(20)15(10-16(11)19)18(21)14-7-6-12-4-2-3-5-13(12)9-14/h2-5,8,10,14,18,21H,6-7,9H2,1H3. The first-order valence-electron chi connectivity index (χ1n) is 7.26. The van der Waals surface area contributed by atoms with Gasteiger partial charge < -0.3 is 5.11 Å². The molecule has 0 heterocycles. The molecule has 2 unspecified atom stereocenters. The van der Waals surface area contributed by atoms with Crippen molar-refractivity contribution >= 4 is 0 Å². The van der Waals surface area contributed by atoms with Gasteiger partial charge in [-0.2, -0.15) is 0 Å². The van der Waals surface area contributed by atoms with Crippen LogP contribution in [0.2, 0.25) is 0 Å². The van der Waals surface area contributed by atoms with Gasteiger partial charge in [0, 0.05) is 5.56 Å². The van der Waals surface area contributed by atoms with Gasteiger partial charge in [0.15, 0.2) is 0 Å². The molecular formula is C18H18F2O. The minimum atomic E-state index is -0.964. The van der Waals surface area contributed by atoms with E-state index in [1.54, 1.807) is 0 Å². The number of aryl methyl sites for hydroxylation is 2. The van der Waals surface area contributed by atoms with E-state index in [0.717, 1.165) is 25.0 Å². The van der Waals surface area contributed by atoms with E-state index in [-0.39, 0.29) is 17.0 Å². The SMILES string of the molecule is Cc1cc(F)c(C(O)C2CCc3ccccc3C2)cc1F. The van der Waals surface area contributed by atoms with Crippen molar-refractivity contribution in [3.05, 3.63) is 70.3 Å². The Bertz CT molecular complexity index is 666. The molecule has 0 radical (unpaired) electrons. The zero-order valence-corrected chi connectivity index (χ0v) is 11.9. The van der Waals surface area contributed by atoms with Crippen LogP contribution in [0.5, 0.6) is 0 Å². The Morgan fingerprint density at radius 2 is 1.81 bits per heavy atom. The Balaban J connectivity index is 1.87. The molecule has 0 saturated carbocycles. The molecule has 0 bridgehead atoms. The molecule has 2 atom stereocenters. The third-order valence-electron chi connectivity index (χ3n) is 4.43. The first-order valence-corrected chi connectivity index (χ1v) is 7.26. The number of aliphatic hydroxyl groups is 1. The summed E-state index contributed by atoms with van der Waals surface area (Å²) >= 11 is 0. The highest BCUT2D eigenvalue weighted by molar-refractivity contribution is 5.32. The van der Waals surface area contributed by atoms with Crippen LogP contribution in [0.1, 0.15) is 34.8 Å². The van der Waals surface area contributed by atoms with Crippen LogP contribution in [-0.4, -0.2) is 5.11 Å². The molecule has 1 N–H and O–H groups in total. The van der Waals surface area contributed by atoms with Crippen molar-refractivity contribution in [2.45, 2.75) is 32.3 Å². The molecule has 110 valence electrons. The fourth-order valence-corrected chi connectivity index (χ4v) is 3.14. The molecule has 0 aromatic heterocycles. The lowest BCUT2D eigenvalue weighted by molar-refractivity contribution is 0.0955. The van der Waals surface area contributed by atoms with Crippen molar-refractivity contribution in [2.24, 2.45) is 5.92 Å². The fraction of sp³-hybridized carbons (Fsp3) is 0.333. The number of benzene rings is 2. The van der Waals surface area contributed by atoms with Crippen LogP contribution in [-0.2, 0) is 12.8 Å². The average Bonchev–Trinajstić information content (AvgIpc) is 2.50. The molecule has 1 nitrogen and oxygen atoms in total. The van der Waals surface area contributed by atoms with Crippen molar-refractivity contribution < 1.29 is 13.9 Å². The zero-order valence-electron chi connectivity index (χ0n) is 11.9. The molecule has 3 heteroatoms. The summed E-state index contributed by atoms with van der Waals surface area (Å²) in [6, 6.07) is 10.4. The molecule has 0 spiro atoms. The van der Waals surface area contributed by atoms with Crippen molar-refractivity contribution in [3.63, 3.8) is 0 Å². The Kier molecular flexibility index (Phi) is 3.77. The van der Waals surface area contributed by atoms with E-state index in [0.29, 0.717) is 6.42 Å². The topological polar surface area (TPSA) is 20.2 Å². The second-order valence-corrected chi connectivity index (χ2v) is 5.84. The maximum Gasteiger partial charge on any atom is 0.129 e. The van der Waals surface area contributed by atoms with E-state index < -0.39 is 17.7 Å². The van der Waals surface area contributed by atoms with E-state index in [1.165, 1.54) is 18.1 Å². The average molecular weight is 288 g/mol. The summed E-state index contributed by atoms with van der Waals surface area (Å²) in [6.07, 6.45) is 1.39. The summed E-state index contributed by atoms with van der Waals surface area (Å²) in [7, 11) is 0. The number of hydrogen-bond acceptors (Lipinski definition) is 1. The van der Waals surface area contributed by atoms with Gasteiger partial charge in [-0.3, -0.25) is 0 Å². The first kappa shape index (κ1) is 14.2. The van der Waals surface area contributed by atoms with E-state index >= 15 is 0 Å². The molecule has 0 fully saturated rings. The summed E-state index contributed by atoms with van der Waals surface area (Å²) in [4.78, 5) is 0. The second-order valence-electron chi connectivity index (χ2n) is 5.84. The minimum Gasteiger partial charge on any atom is -0.388 e. The number of hydrogen-bond donors (Lipinski definition) is 1. The molecule has 0 amide bonds. The lowest BCUT2D eigenvalue weighted by Gasteiger charge is -2.29. The number of aliphatic hydroxyl groups excluding tert-OH is 1. The monoisotopic (exact) mass is 288 g/mol. The van der Waals surface area contributed by atoms with Gasteiger partial charge in [0.1, 0.15) is 11.6 Å². The van der Waals surface area contributed by atoms with Gasteiger partial charge in [0.05, 0.1) is 6.10 Å². The minimum absolute atomic E-state index is 0.0717. The quantitative estimate of drug-likeness (QED) is 0.881. The molecular weight excluding hydrogens is 270 g/mol. The van der Waals surface area contributed by atoms with Gasteiger partial charge in [-0.1, -0.05) is 24.3 Å². The summed E-state index contributed by atoms with van der Waals surface area (Å²) in [5, 5.41) is 10.5. The molecule has 21 heavy (non-hydrogen) atoms. The maximum atomic E-state index is 14.0. The van der Waals surface area contributed by atoms with Crippen molar-refractivity contribution in [1.29, 1.82) is 0 Å². The molecule has 3 rings (SSSR count). The van der Waals surface area contributed by atoms with Crippen molar-refractivity contribution in [1.82, 2.24) is 0 Å². The summed E-state index contributed by atoms with van der Waals surface area (Å²) in [5.41, 5.74) is 2.82. The summed E-state index contributed by atoms with van der Waals surface area (Å²) < 4.78 is 27.7. The molecule has 0 aliphatic heterocycles. The highest BCUT2D eigenvalue weighted by atomic mass is 19.1. The van der Waals surface area contributed by atoms with E-state index in [4.69, 9.17) is 0 Å².